The predicted molar refractivity (Wildman–Crippen MR) is 116 cm³/mol. The fraction of sp³-hybridized carbons (Fsp3) is 0. The third-order valence-corrected chi connectivity index (χ3v) is 2.99. The van der Waals surface area contributed by atoms with E-state index >= 15 is 0 Å². The zero-order valence-electron chi connectivity index (χ0n) is 15.8. The van der Waals surface area contributed by atoms with Crippen LogP contribution >= 0.6 is 23.2 Å². The molecule has 0 bridgehead atoms. The number of halogens is 6. The summed E-state index contributed by atoms with van der Waals surface area (Å²) in [5.41, 5.74) is 14.3. The molecule has 0 spiro atoms. The first-order valence-corrected chi connectivity index (χ1v) is 8.38. The molecule has 178 valence electrons. The molecule has 0 saturated heterocycles. The third kappa shape index (κ3) is 26.3. The quantitative estimate of drug-likeness (QED) is 0.136. The molecule has 0 heterocycles. The number of hydrogen-bond donors (Lipinski definition) is 10. The number of benzene rings is 2. The second-order valence-corrected chi connectivity index (χ2v) is 5.53. The van der Waals surface area contributed by atoms with E-state index in [1.54, 1.807) is 24.3 Å². The number of anilines is 2. The van der Waals surface area contributed by atoms with Gasteiger partial charge in [0, 0.05) is 0 Å². The lowest BCUT2D eigenvalue weighted by atomic mass is 10.1. The minimum atomic E-state index is -2.67. The highest BCUT2D eigenvalue weighted by atomic mass is 35.5. The lowest BCUT2D eigenvalue weighted by molar-refractivity contribution is 0.338. The Morgan fingerprint density at radius 2 is 0.719 bits per heavy atom. The first-order valence-electron chi connectivity index (χ1n) is 7.62. The predicted octanol–water partition coefficient (Wildman–Crippen LogP) is -0.474. The molecule has 12 N–H and O–H groups in total. The van der Waals surface area contributed by atoms with Crippen molar-refractivity contribution in [3.05, 3.63) is 46.4 Å². The van der Waals surface area contributed by atoms with Crippen molar-refractivity contribution < 1.29 is 57.5 Å². The van der Waals surface area contributed by atoms with Crippen LogP contribution in [0.15, 0.2) is 36.4 Å². The Labute approximate surface area is 191 Å². The van der Waals surface area contributed by atoms with Crippen molar-refractivity contribution in [1.29, 1.82) is 0 Å². The maximum absolute atomic E-state index is 10.1. The van der Waals surface area contributed by atoms with Gasteiger partial charge in [-0.05, 0) is 35.4 Å². The van der Waals surface area contributed by atoms with Crippen LogP contribution in [0, 0.1) is 0 Å². The van der Waals surface area contributed by atoms with Gasteiger partial charge < -0.3 is 51.7 Å². The summed E-state index contributed by atoms with van der Waals surface area (Å²) >= 11 is 11.9. The number of nitrogen functional groups attached to an aromatic ring is 2. The molecule has 0 atom stereocenters. The van der Waals surface area contributed by atoms with Crippen molar-refractivity contribution in [3.63, 3.8) is 0 Å². The van der Waals surface area contributed by atoms with Crippen LogP contribution in [0.25, 0.3) is 11.1 Å². The van der Waals surface area contributed by atoms with Gasteiger partial charge in [-0.15, -0.1) is 0 Å². The average molecular weight is 508 g/mol. The zero-order chi connectivity index (χ0) is 26.0. The molecule has 0 aliphatic heterocycles. The number of nitrogens with two attached hydrogens (primary N) is 2. The van der Waals surface area contributed by atoms with Crippen LogP contribution in [0.3, 0.4) is 0 Å². The van der Waals surface area contributed by atoms with Gasteiger partial charge in [-0.3, -0.25) is 17.3 Å². The molecule has 2 rings (SSSR count). The second-order valence-electron chi connectivity index (χ2n) is 4.72. The van der Waals surface area contributed by atoms with E-state index in [1.807, 2.05) is 12.1 Å². The van der Waals surface area contributed by atoms with E-state index in [0.29, 0.717) is 21.4 Å². The first-order chi connectivity index (χ1) is 14.5. The van der Waals surface area contributed by atoms with Gasteiger partial charge in [0.25, 0.3) is 0 Å². The molecule has 0 aromatic heterocycles. The minimum absolute atomic E-state index is 0.533. The van der Waals surface area contributed by atoms with Gasteiger partial charge in [0.2, 0.25) is 0 Å². The maximum atomic E-state index is 10.1. The van der Waals surface area contributed by atoms with E-state index in [1.165, 1.54) is 0 Å². The zero-order valence-corrected chi connectivity index (χ0v) is 17.3. The molecule has 0 aliphatic carbocycles. The van der Waals surface area contributed by atoms with Crippen LogP contribution in [-0.2, 0) is 0 Å². The summed E-state index contributed by atoms with van der Waals surface area (Å²) in [5, 5.41) is 56.6. The van der Waals surface area contributed by atoms with Gasteiger partial charge in [-0.2, -0.15) is 0 Å². The molecule has 10 nitrogen and oxygen atoms in total. The van der Waals surface area contributed by atoms with Gasteiger partial charge in [0.05, 0.1) is 21.4 Å². The SMILES string of the molecule is Nc1ccc(-c2ccc(N)c(Cl)c2)cc1Cl.OB(O)F.OB(O)F.OB(O)F.OB(O)F. The fourth-order valence-corrected chi connectivity index (χ4v) is 1.77. The Kier molecular flexibility index (Phi) is 21.7. The van der Waals surface area contributed by atoms with E-state index in [9.17, 15) is 17.3 Å². The molecular formula is C12H18B4Cl2F4N2O8. The first kappa shape index (κ1) is 34.9. The van der Waals surface area contributed by atoms with Crippen LogP contribution in [0.5, 0.6) is 0 Å². The van der Waals surface area contributed by atoms with Gasteiger partial charge in [0.15, 0.2) is 0 Å². The summed E-state index contributed by atoms with van der Waals surface area (Å²) < 4.78 is 40.4. The van der Waals surface area contributed by atoms with Gasteiger partial charge >= 0.3 is 29.6 Å². The van der Waals surface area contributed by atoms with E-state index in [-0.39, 0.29) is 0 Å². The molecule has 0 unspecified atom stereocenters. The van der Waals surface area contributed by atoms with Gasteiger partial charge in [-0.1, -0.05) is 35.3 Å². The third-order valence-electron chi connectivity index (χ3n) is 2.33. The standard InChI is InChI=1S/C12H10Cl2N2.4BFH2O2/c13-9-5-7(1-3-11(9)15)8-2-4-12(16)10(14)6-8;4*2-1(3)4/h1-6H,15-16H2;4*3-4H. The highest BCUT2D eigenvalue weighted by Crippen LogP contribution is 2.30. The smallest absolute Gasteiger partial charge is 0.398 e. The summed E-state index contributed by atoms with van der Waals surface area (Å²) in [5.74, 6) is 0. The van der Waals surface area contributed by atoms with Crippen molar-refractivity contribution >= 4 is 64.2 Å². The van der Waals surface area contributed by atoms with Crippen molar-refractivity contribution in [2.24, 2.45) is 0 Å². The van der Waals surface area contributed by atoms with Crippen LogP contribution in [0.4, 0.5) is 28.6 Å². The number of rotatable bonds is 1. The molecule has 20 heteroatoms. The number of hydrogen-bond acceptors (Lipinski definition) is 10. The van der Waals surface area contributed by atoms with E-state index < -0.39 is 29.6 Å². The molecule has 0 saturated carbocycles. The molecule has 2 aromatic rings. The Hall–Kier alpha value is -1.72. The van der Waals surface area contributed by atoms with Crippen molar-refractivity contribution in [2.75, 3.05) is 11.5 Å². The summed E-state index contributed by atoms with van der Waals surface area (Å²) in [6.45, 7) is 0. The summed E-state index contributed by atoms with van der Waals surface area (Å²) in [7, 11) is -10.7. The van der Waals surface area contributed by atoms with Crippen molar-refractivity contribution in [3.8, 4) is 11.1 Å². The van der Waals surface area contributed by atoms with Crippen LogP contribution in [0.2, 0.25) is 10.0 Å². The summed E-state index contributed by atoms with van der Waals surface area (Å²) in [6.07, 6.45) is 0. The Morgan fingerprint density at radius 1 is 0.531 bits per heavy atom. The Bertz CT molecular complexity index is 676. The van der Waals surface area contributed by atoms with Crippen molar-refractivity contribution in [2.45, 2.75) is 0 Å². The topological polar surface area (TPSA) is 214 Å². The minimum Gasteiger partial charge on any atom is -0.398 e. The Morgan fingerprint density at radius 3 is 0.875 bits per heavy atom. The molecule has 0 fully saturated rings. The Balaban J connectivity index is -0.000000432. The average Bonchev–Trinajstić information content (AvgIpc) is 2.58. The summed E-state index contributed by atoms with van der Waals surface area (Å²) in [6, 6.07) is 10.9. The molecule has 0 amide bonds. The molecular weight excluding hydrogens is 490 g/mol. The van der Waals surface area contributed by atoms with E-state index in [4.69, 9.17) is 74.9 Å². The molecule has 32 heavy (non-hydrogen) atoms. The second kappa shape index (κ2) is 19.9. The van der Waals surface area contributed by atoms with E-state index in [2.05, 4.69) is 0 Å². The highest BCUT2D eigenvalue weighted by Gasteiger charge is 2.04. The molecule has 2 aromatic carbocycles. The van der Waals surface area contributed by atoms with Crippen LogP contribution < -0.4 is 11.5 Å². The van der Waals surface area contributed by atoms with Crippen LogP contribution in [0.1, 0.15) is 0 Å². The monoisotopic (exact) mass is 508 g/mol. The van der Waals surface area contributed by atoms with Crippen LogP contribution in [-0.4, -0.2) is 69.8 Å². The molecule has 0 radical (unpaired) electrons. The largest absolute Gasteiger partial charge is 0.674 e. The maximum Gasteiger partial charge on any atom is 0.674 e. The normalized spacial score (nSPS) is 8.56. The fourth-order valence-electron chi connectivity index (χ4n) is 1.41. The van der Waals surface area contributed by atoms with Crippen molar-refractivity contribution in [1.82, 2.24) is 0 Å². The van der Waals surface area contributed by atoms with E-state index in [0.717, 1.165) is 11.1 Å². The lowest BCUT2D eigenvalue weighted by Gasteiger charge is -2.06. The van der Waals surface area contributed by atoms with Gasteiger partial charge in [0.1, 0.15) is 0 Å². The summed E-state index contributed by atoms with van der Waals surface area (Å²) in [4.78, 5) is 0. The highest BCUT2D eigenvalue weighted by molar-refractivity contribution is 6.34. The molecule has 0 aliphatic rings. The van der Waals surface area contributed by atoms with Gasteiger partial charge in [-0.25, -0.2) is 0 Å². The lowest BCUT2D eigenvalue weighted by Crippen LogP contribution is -1.98.